The third kappa shape index (κ3) is 2.97. The van der Waals surface area contributed by atoms with E-state index in [9.17, 15) is 0 Å². The minimum absolute atomic E-state index is 0.922. The molecule has 1 saturated heterocycles. The lowest BCUT2D eigenvalue weighted by atomic mass is 10.4. The van der Waals surface area contributed by atoms with Gasteiger partial charge in [-0.25, -0.2) is 4.58 Å². The van der Waals surface area contributed by atoms with Crippen LogP contribution >= 0.6 is 0 Å². The van der Waals surface area contributed by atoms with Crippen LogP contribution in [0.4, 0.5) is 0 Å². The van der Waals surface area contributed by atoms with Gasteiger partial charge in [0.15, 0.2) is 0 Å². The van der Waals surface area contributed by atoms with Crippen LogP contribution in [0.3, 0.4) is 0 Å². The Hall–Kier alpha value is -0.313. The van der Waals surface area contributed by atoms with Crippen molar-refractivity contribution in [2.75, 3.05) is 19.8 Å². The summed E-state index contributed by atoms with van der Waals surface area (Å²) in [7, 11) is 1.19. The smallest absolute Gasteiger partial charge is 0.335 e. The predicted octanol–water partition coefficient (Wildman–Crippen LogP) is 1.71. The summed E-state index contributed by atoms with van der Waals surface area (Å²) in [5.74, 6) is 1.21. The molecule has 12 heavy (non-hydrogen) atoms. The van der Waals surface area contributed by atoms with Crippen molar-refractivity contribution >= 4 is 14.0 Å². The first-order valence-electron chi connectivity index (χ1n) is 4.69. The average molecular weight is 186 g/mol. The van der Waals surface area contributed by atoms with Gasteiger partial charge in [-0.3, -0.25) is 0 Å². The minimum Gasteiger partial charge on any atom is -0.448 e. The first kappa shape index (κ1) is 9.77. The van der Waals surface area contributed by atoms with Crippen molar-refractivity contribution in [2.24, 2.45) is 0 Å². The van der Waals surface area contributed by atoms with Crippen LogP contribution in [0.2, 0.25) is 19.6 Å². The molecule has 0 aromatic carbocycles. The normalized spacial score (nSPS) is 22.3. The van der Waals surface area contributed by atoms with Gasteiger partial charge < -0.3 is 4.74 Å². The quantitative estimate of drug-likeness (QED) is 0.472. The lowest BCUT2D eigenvalue weighted by Gasteiger charge is -2.12. The van der Waals surface area contributed by atoms with Gasteiger partial charge in [0.2, 0.25) is 0 Å². The maximum Gasteiger partial charge on any atom is 0.335 e. The van der Waals surface area contributed by atoms with E-state index in [1.807, 2.05) is 0 Å². The molecule has 2 nitrogen and oxygen atoms in total. The van der Waals surface area contributed by atoms with Crippen molar-refractivity contribution in [3.8, 4) is 0 Å². The second kappa shape index (κ2) is 3.60. The van der Waals surface area contributed by atoms with E-state index in [0.717, 1.165) is 13.0 Å². The molecule has 0 saturated carbocycles. The van der Waals surface area contributed by atoms with Gasteiger partial charge >= 0.3 is 5.90 Å². The van der Waals surface area contributed by atoms with Crippen molar-refractivity contribution in [1.29, 1.82) is 0 Å². The molecule has 0 atom stereocenters. The Morgan fingerprint density at radius 3 is 2.50 bits per heavy atom. The highest BCUT2D eigenvalue weighted by Crippen LogP contribution is 2.07. The number of hydrogen-bond acceptors (Lipinski definition) is 1. The van der Waals surface area contributed by atoms with Crippen LogP contribution in [0.5, 0.6) is 0 Å². The van der Waals surface area contributed by atoms with Crippen LogP contribution in [-0.4, -0.2) is 38.4 Å². The number of hydrogen-bond donors (Lipinski definition) is 0. The molecule has 0 spiro atoms. The molecule has 0 amide bonds. The van der Waals surface area contributed by atoms with Gasteiger partial charge in [0.05, 0.1) is 13.0 Å². The molecule has 1 heterocycles. The monoisotopic (exact) mass is 186 g/mol. The molecular formula is C9H20NOSi+. The minimum atomic E-state index is -0.963. The van der Waals surface area contributed by atoms with Crippen LogP contribution in [0.25, 0.3) is 0 Å². The molecule has 0 radical (unpaired) electrons. The van der Waals surface area contributed by atoms with Gasteiger partial charge in [-0.15, -0.1) is 0 Å². The van der Waals surface area contributed by atoms with Gasteiger partial charge in [-0.05, 0) is 6.42 Å². The largest absolute Gasteiger partial charge is 0.448 e. The first-order chi connectivity index (χ1) is 5.49. The van der Waals surface area contributed by atoms with Crippen molar-refractivity contribution < 1.29 is 9.31 Å². The molecular weight excluding hydrogens is 166 g/mol. The molecule has 0 aromatic heterocycles. The Balaban J connectivity index is 2.56. The molecule has 0 aliphatic carbocycles. The molecule has 70 valence electrons. The fourth-order valence-corrected chi connectivity index (χ4v) is 3.19. The Bertz CT molecular complexity index is 185. The zero-order valence-electron chi connectivity index (χ0n) is 8.68. The van der Waals surface area contributed by atoms with Crippen LogP contribution in [-0.2, 0) is 4.74 Å². The highest BCUT2D eigenvalue weighted by molar-refractivity contribution is 6.75. The van der Waals surface area contributed by atoms with Crippen LogP contribution in [0, 0.1) is 0 Å². The Kier molecular flexibility index (Phi) is 2.93. The summed E-state index contributed by atoms with van der Waals surface area (Å²) in [4.78, 5) is 0. The summed E-state index contributed by atoms with van der Waals surface area (Å²) in [5, 5.41) is 0. The van der Waals surface area contributed by atoms with Crippen LogP contribution < -0.4 is 0 Å². The van der Waals surface area contributed by atoms with E-state index >= 15 is 0 Å². The van der Waals surface area contributed by atoms with Gasteiger partial charge in [-0.2, -0.15) is 0 Å². The lowest BCUT2D eigenvalue weighted by Crippen LogP contribution is -2.35. The summed E-state index contributed by atoms with van der Waals surface area (Å²) in [6.07, 6.45) is 3.55. The van der Waals surface area contributed by atoms with E-state index in [1.165, 1.54) is 18.5 Å². The molecule has 0 bridgehead atoms. The maximum atomic E-state index is 5.53. The summed E-state index contributed by atoms with van der Waals surface area (Å²) in [5.41, 5.74) is 0. The molecule has 1 rings (SSSR count). The van der Waals surface area contributed by atoms with Crippen molar-refractivity contribution in [2.45, 2.75) is 32.5 Å². The molecule has 0 aromatic rings. The molecule has 1 aliphatic heterocycles. The average Bonchev–Trinajstić information content (AvgIpc) is 2.32. The topological polar surface area (TPSA) is 12.2 Å². The highest BCUT2D eigenvalue weighted by atomic mass is 28.3. The standard InChI is InChI=1S/C9H20NOSi/c1-10(8-12(2,3)4)9-6-5-7-11-9/h5-8H2,1-4H3/q+1/b10-9+. The zero-order valence-corrected chi connectivity index (χ0v) is 9.68. The third-order valence-corrected chi connectivity index (χ3v) is 3.36. The van der Waals surface area contributed by atoms with Crippen LogP contribution in [0.1, 0.15) is 12.8 Å². The van der Waals surface area contributed by atoms with Gasteiger partial charge in [0.25, 0.3) is 0 Å². The molecule has 0 unspecified atom stereocenters. The Morgan fingerprint density at radius 2 is 2.08 bits per heavy atom. The molecule has 3 heteroatoms. The van der Waals surface area contributed by atoms with Crippen molar-refractivity contribution in [3.05, 3.63) is 0 Å². The number of nitrogens with zero attached hydrogens (tertiary/aromatic N) is 1. The number of ether oxygens (including phenoxy) is 1. The Morgan fingerprint density at radius 1 is 1.42 bits per heavy atom. The second-order valence-electron chi connectivity index (χ2n) is 4.76. The van der Waals surface area contributed by atoms with Crippen molar-refractivity contribution in [3.63, 3.8) is 0 Å². The zero-order chi connectivity index (χ0) is 9.19. The van der Waals surface area contributed by atoms with E-state index in [-0.39, 0.29) is 0 Å². The SMILES string of the molecule is C/[N+](C[Si](C)(C)C)=C1/CCCO1. The highest BCUT2D eigenvalue weighted by Gasteiger charge is 2.24. The fourth-order valence-electron chi connectivity index (χ4n) is 1.59. The van der Waals surface area contributed by atoms with E-state index in [0.29, 0.717) is 0 Å². The summed E-state index contributed by atoms with van der Waals surface area (Å²) >= 11 is 0. The first-order valence-corrected chi connectivity index (χ1v) is 8.39. The lowest BCUT2D eigenvalue weighted by molar-refractivity contribution is -0.489. The summed E-state index contributed by atoms with van der Waals surface area (Å²) in [6.45, 7) is 8.09. The van der Waals surface area contributed by atoms with E-state index in [1.54, 1.807) is 0 Å². The van der Waals surface area contributed by atoms with Gasteiger partial charge in [0.1, 0.15) is 21.3 Å². The van der Waals surface area contributed by atoms with Gasteiger partial charge in [-0.1, -0.05) is 19.6 Å². The van der Waals surface area contributed by atoms with Crippen LogP contribution in [0.15, 0.2) is 0 Å². The molecule has 1 fully saturated rings. The summed E-state index contributed by atoms with van der Waals surface area (Å²) in [6, 6.07) is 0. The predicted molar refractivity (Wildman–Crippen MR) is 54.6 cm³/mol. The van der Waals surface area contributed by atoms with Gasteiger partial charge in [0, 0.05) is 0 Å². The van der Waals surface area contributed by atoms with E-state index in [4.69, 9.17) is 4.74 Å². The molecule has 1 aliphatic rings. The van der Waals surface area contributed by atoms with E-state index in [2.05, 4.69) is 31.3 Å². The second-order valence-corrected chi connectivity index (χ2v) is 10.2. The fraction of sp³-hybridized carbons (Fsp3) is 0.889. The van der Waals surface area contributed by atoms with E-state index < -0.39 is 8.07 Å². The third-order valence-electron chi connectivity index (χ3n) is 1.94. The summed E-state index contributed by atoms with van der Waals surface area (Å²) < 4.78 is 7.83. The molecule has 0 N–H and O–H groups in total. The number of rotatable bonds is 2. The maximum absolute atomic E-state index is 5.53. The van der Waals surface area contributed by atoms with Crippen molar-refractivity contribution in [1.82, 2.24) is 0 Å². The Labute approximate surface area is 76.3 Å².